The number of aromatic nitrogens is 4. The van der Waals surface area contributed by atoms with Crippen LogP contribution in [-0.4, -0.2) is 51.1 Å². The van der Waals surface area contributed by atoms with E-state index in [4.69, 9.17) is 0 Å². The number of pyridine rings is 1. The number of hydrogen-bond acceptors (Lipinski definition) is 5. The Morgan fingerprint density at radius 1 is 1.22 bits per heavy atom. The van der Waals surface area contributed by atoms with Gasteiger partial charge in [0.25, 0.3) is 0 Å². The summed E-state index contributed by atoms with van der Waals surface area (Å²) in [6.45, 7) is 2.19. The summed E-state index contributed by atoms with van der Waals surface area (Å²) in [4.78, 5) is 27.5. The molecule has 4 rings (SSSR count). The zero-order chi connectivity index (χ0) is 18.5. The van der Waals surface area contributed by atoms with E-state index in [1.165, 1.54) is 0 Å². The molecule has 1 atom stereocenters. The Labute approximate surface area is 157 Å². The summed E-state index contributed by atoms with van der Waals surface area (Å²) in [5.74, 6) is 0.719. The van der Waals surface area contributed by atoms with Gasteiger partial charge in [0.1, 0.15) is 5.65 Å². The molecule has 1 unspecified atom stereocenters. The zero-order valence-corrected chi connectivity index (χ0v) is 15.1. The Morgan fingerprint density at radius 2 is 2.11 bits per heavy atom. The lowest BCUT2D eigenvalue weighted by molar-refractivity contribution is 0.235. The fourth-order valence-corrected chi connectivity index (χ4v) is 3.38. The van der Waals surface area contributed by atoms with Gasteiger partial charge in [0, 0.05) is 56.9 Å². The number of imidazole rings is 1. The first-order valence-corrected chi connectivity index (χ1v) is 9.27. The van der Waals surface area contributed by atoms with Crippen LogP contribution in [0.15, 0.2) is 49.1 Å². The van der Waals surface area contributed by atoms with Crippen molar-refractivity contribution < 1.29 is 4.79 Å². The molecule has 2 N–H and O–H groups in total. The monoisotopic (exact) mass is 365 g/mol. The Bertz CT molecular complexity index is 862. The van der Waals surface area contributed by atoms with Gasteiger partial charge in [-0.25, -0.2) is 19.7 Å². The van der Waals surface area contributed by atoms with Crippen molar-refractivity contribution in [2.75, 3.05) is 24.5 Å². The third-order valence-corrected chi connectivity index (χ3v) is 4.67. The average Bonchev–Trinajstić information content (AvgIpc) is 3.11. The van der Waals surface area contributed by atoms with E-state index < -0.39 is 0 Å². The lowest BCUT2D eigenvalue weighted by Gasteiger charge is -2.33. The van der Waals surface area contributed by atoms with Gasteiger partial charge in [-0.05, 0) is 31.0 Å². The first kappa shape index (κ1) is 17.3. The number of carbonyl (C=O) groups is 1. The molecule has 27 heavy (non-hydrogen) atoms. The highest BCUT2D eigenvalue weighted by molar-refractivity contribution is 5.74. The Kier molecular flexibility index (Phi) is 5.13. The van der Waals surface area contributed by atoms with Crippen LogP contribution in [0.1, 0.15) is 18.5 Å². The second kappa shape index (κ2) is 8.03. The van der Waals surface area contributed by atoms with Gasteiger partial charge < -0.3 is 19.9 Å². The Morgan fingerprint density at radius 3 is 2.96 bits per heavy atom. The summed E-state index contributed by atoms with van der Waals surface area (Å²) in [6, 6.07) is 7.66. The number of piperidine rings is 1. The number of anilines is 1. The smallest absolute Gasteiger partial charge is 0.315 e. The topological polar surface area (TPSA) is 87.5 Å². The van der Waals surface area contributed by atoms with Gasteiger partial charge in [-0.1, -0.05) is 6.07 Å². The van der Waals surface area contributed by atoms with Crippen molar-refractivity contribution in [3.8, 4) is 0 Å². The van der Waals surface area contributed by atoms with Gasteiger partial charge in [-0.15, -0.1) is 0 Å². The number of fused-ring (bicyclic) bond motifs is 1. The van der Waals surface area contributed by atoms with E-state index in [9.17, 15) is 4.79 Å². The third kappa shape index (κ3) is 4.33. The molecule has 0 radical (unpaired) electrons. The fourth-order valence-electron chi connectivity index (χ4n) is 3.38. The molecule has 3 aromatic rings. The molecule has 0 saturated carbocycles. The van der Waals surface area contributed by atoms with Crippen molar-refractivity contribution >= 4 is 17.6 Å². The van der Waals surface area contributed by atoms with Crippen molar-refractivity contribution in [3.05, 3.63) is 54.7 Å². The number of nitrogens with one attached hydrogen (secondary N) is 2. The molecular formula is C19H23N7O. The normalized spacial score (nSPS) is 17.0. The molecule has 2 amide bonds. The zero-order valence-electron chi connectivity index (χ0n) is 15.1. The van der Waals surface area contributed by atoms with Gasteiger partial charge in [0.15, 0.2) is 0 Å². The molecule has 1 aliphatic rings. The van der Waals surface area contributed by atoms with E-state index in [1.54, 1.807) is 18.5 Å². The maximum atomic E-state index is 12.2. The van der Waals surface area contributed by atoms with Crippen LogP contribution < -0.4 is 15.5 Å². The SMILES string of the molecule is O=C(NCCc1cn2ccccc2n1)NC1CCCN(c2ncccn2)C1. The van der Waals surface area contributed by atoms with Crippen LogP contribution in [0.3, 0.4) is 0 Å². The minimum absolute atomic E-state index is 0.0951. The molecule has 0 bridgehead atoms. The molecule has 0 spiro atoms. The van der Waals surface area contributed by atoms with E-state index in [0.717, 1.165) is 43.2 Å². The Hall–Kier alpha value is -3.16. The molecule has 0 aromatic carbocycles. The molecule has 140 valence electrons. The average molecular weight is 365 g/mol. The molecule has 0 aliphatic carbocycles. The summed E-state index contributed by atoms with van der Waals surface area (Å²) in [5, 5.41) is 5.99. The minimum atomic E-state index is -0.139. The number of hydrogen-bond donors (Lipinski definition) is 2. The van der Waals surface area contributed by atoms with Crippen molar-refractivity contribution in [1.82, 2.24) is 30.0 Å². The van der Waals surface area contributed by atoms with E-state index in [0.29, 0.717) is 13.0 Å². The molecule has 1 aliphatic heterocycles. The maximum absolute atomic E-state index is 12.2. The summed E-state index contributed by atoms with van der Waals surface area (Å²) in [5.41, 5.74) is 1.88. The first-order valence-electron chi connectivity index (χ1n) is 9.27. The predicted molar refractivity (Wildman–Crippen MR) is 103 cm³/mol. The van der Waals surface area contributed by atoms with Crippen LogP contribution in [0, 0.1) is 0 Å². The summed E-state index contributed by atoms with van der Waals surface area (Å²) >= 11 is 0. The second-order valence-corrected chi connectivity index (χ2v) is 6.68. The highest BCUT2D eigenvalue weighted by atomic mass is 16.2. The molecule has 8 nitrogen and oxygen atoms in total. The number of rotatable bonds is 5. The molecule has 8 heteroatoms. The predicted octanol–water partition coefficient (Wildman–Crippen LogP) is 1.63. The van der Waals surface area contributed by atoms with Gasteiger partial charge >= 0.3 is 6.03 Å². The standard InChI is InChI=1S/C19H23N7O/c27-19(22-10-7-16-13-25-11-2-1-6-17(25)23-16)24-15-5-3-12-26(14-15)18-20-8-4-9-21-18/h1-2,4,6,8-9,11,13,15H,3,5,7,10,12,14H2,(H2,22,24,27). The third-order valence-electron chi connectivity index (χ3n) is 4.67. The van der Waals surface area contributed by atoms with Gasteiger partial charge in [-0.3, -0.25) is 0 Å². The van der Waals surface area contributed by atoms with Crippen LogP contribution in [0.4, 0.5) is 10.7 Å². The highest BCUT2D eigenvalue weighted by Crippen LogP contribution is 2.15. The van der Waals surface area contributed by atoms with Gasteiger partial charge in [0.05, 0.1) is 5.69 Å². The van der Waals surface area contributed by atoms with Crippen molar-refractivity contribution in [2.45, 2.75) is 25.3 Å². The molecule has 1 saturated heterocycles. The lowest BCUT2D eigenvalue weighted by Crippen LogP contribution is -2.51. The molecule has 3 aromatic heterocycles. The van der Waals surface area contributed by atoms with Crippen molar-refractivity contribution in [2.24, 2.45) is 0 Å². The van der Waals surface area contributed by atoms with Crippen molar-refractivity contribution in [3.63, 3.8) is 0 Å². The van der Waals surface area contributed by atoms with Crippen LogP contribution in [0.5, 0.6) is 0 Å². The van der Waals surface area contributed by atoms with Crippen LogP contribution in [0.25, 0.3) is 5.65 Å². The van der Waals surface area contributed by atoms with Gasteiger partial charge in [-0.2, -0.15) is 0 Å². The van der Waals surface area contributed by atoms with E-state index in [-0.39, 0.29) is 12.1 Å². The molecule has 1 fully saturated rings. The summed E-state index contributed by atoms with van der Waals surface area (Å²) < 4.78 is 1.98. The maximum Gasteiger partial charge on any atom is 0.315 e. The van der Waals surface area contributed by atoms with Crippen LogP contribution in [-0.2, 0) is 6.42 Å². The lowest BCUT2D eigenvalue weighted by atomic mass is 10.1. The van der Waals surface area contributed by atoms with E-state index in [1.807, 2.05) is 35.0 Å². The van der Waals surface area contributed by atoms with E-state index >= 15 is 0 Å². The van der Waals surface area contributed by atoms with Crippen LogP contribution in [0.2, 0.25) is 0 Å². The van der Waals surface area contributed by atoms with Crippen LogP contribution >= 0.6 is 0 Å². The Balaban J connectivity index is 1.24. The number of carbonyl (C=O) groups excluding carboxylic acids is 1. The highest BCUT2D eigenvalue weighted by Gasteiger charge is 2.22. The largest absolute Gasteiger partial charge is 0.339 e. The second-order valence-electron chi connectivity index (χ2n) is 6.68. The van der Waals surface area contributed by atoms with Crippen molar-refractivity contribution in [1.29, 1.82) is 0 Å². The number of amides is 2. The number of urea groups is 1. The summed E-state index contributed by atoms with van der Waals surface area (Å²) in [7, 11) is 0. The molecular weight excluding hydrogens is 342 g/mol. The molecule has 4 heterocycles. The van der Waals surface area contributed by atoms with E-state index in [2.05, 4.69) is 30.5 Å². The first-order chi connectivity index (χ1) is 13.3. The quantitative estimate of drug-likeness (QED) is 0.718. The summed E-state index contributed by atoms with van der Waals surface area (Å²) in [6.07, 6.45) is 10.1. The fraction of sp³-hybridized carbons (Fsp3) is 0.368. The van der Waals surface area contributed by atoms with Gasteiger partial charge in [0.2, 0.25) is 5.95 Å². The number of nitrogens with zero attached hydrogens (tertiary/aromatic N) is 5. The minimum Gasteiger partial charge on any atom is -0.339 e.